The second kappa shape index (κ2) is 6.85. The predicted molar refractivity (Wildman–Crippen MR) is 95.0 cm³/mol. The number of nitrogens with one attached hydrogen (secondary N) is 1. The number of benzene rings is 1. The third-order valence-electron chi connectivity index (χ3n) is 4.91. The molecule has 6 heteroatoms. The number of rotatable bonds is 3. The summed E-state index contributed by atoms with van der Waals surface area (Å²) >= 11 is 6.06. The van der Waals surface area contributed by atoms with Gasteiger partial charge in [0.2, 0.25) is 0 Å². The van der Waals surface area contributed by atoms with Gasteiger partial charge in [0, 0.05) is 30.4 Å². The van der Waals surface area contributed by atoms with Crippen molar-refractivity contribution in [2.24, 2.45) is 7.05 Å². The first kappa shape index (κ1) is 16.8. The molecule has 0 radical (unpaired) electrons. The van der Waals surface area contributed by atoms with Crippen LogP contribution in [0.5, 0.6) is 0 Å². The summed E-state index contributed by atoms with van der Waals surface area (Å²) < 4.78 is 1.91. The Morgan fingerprint density at radius 1 is 1.50 bits per heavy atom. The molecule has 1 aromatic carbocycles. The molecule has 5 nitrogen and oxygen atoms in total. The van der Waals surface area contributed by atoms with E-state index < -0.39 is 0 Å². The van der Waals surface area contributed by atoms with Crippen LogP contribution in [0.1, 0.15) is 48.7 Å². The summed E-state index contributed by atoms with van der Waals surface area (Å²) in [6, 6.07) is 7.52. The van der Waals surface area contributed by atoms with Crippen molar-refractivity contribution in [3.63, 3.8) is 0 Å². The van der Waals surface area contributed by atoms with Crippen LogP contribution in [0.4, 0.5) is 4.79 Å². The molecule has 0 fully saturated rings. The number of nitrogens with zero attached hydrogens (tertiary/aromatic N) is 3. The van der Waals surface area contributed by atoms with E-state index in [1.165, 1.54) is 5.69 Å². The normalized spacial score (nSPS) is 17.9. The van der Waals surface area contributed by atoms with E-state index in [9.17, 15) is 4.79 Å². The van der Waals surface area contributed by atoms with Crippen LogP contribution >= 0.6 is 11.6 Å². The summed E-state index contributed by atoms with van der Waals surface area (Å²) in [7, 11) is 3.77. The minimum Gasteiger partial charge on any atom is -0.331 e. The van der Waals surface area contributed by atoms with Gasteiger partial charge in [-0.2, -0.15) is 5.10 Å². The van der Waals surface area contributed by atoms with Crippen molar-refractivity contribution >= 4 is 17.6 Å². The zero-order valence-corrected chi connectivity index (χ0v) is 15.0. The van der Waals surface area contributed by atoms with Crippen LogP contribution in [0.2, 0.25) is 5.02 Å². The second-order valence-corrected chi connectivity index (χ2v) is 6.84. The maximum Gasteiger partial charge on any atom is 0.318 e. The molecule has 2 amide bonds. The summed E-state index contributed by atoms with van der Waals surface area (Å²) in [6.45, 7) is 2.00. The number of carbonyl (C=O) groups is 1. The lowest BCUT2D eigenvalue weighted by atomic mass is 9.93. The van der Waals surface area contributed by atoms with Gasteiger partial charge >= 0.3 is 6.03 Å². The van der Waals surface area contributed by atoms with Gasteiger partial charge in [-0.25, -0.2) is 4.79 Å². The first-order valence-corrected chi connectivity index (χ1v) is 8.64. The summed E-state index contributed by atoms with van der Waals surface area (Å²) in [5, 5.41) is 8.17. The Labute approximate surface area is 147 Å². The number of urea groups is 1. The Bertz CT molecular complexity index is 742. The Kier molecular flexibility index (Phi) is 4.81. The Balaban J connectivity index is 1.71. The minimum atomic E-state index is -0.0795. The molecular formula is C18H23ClN4O. The lowest BCUT2D eigenvalue weighted by molar-refractivity contribution is 0.189. The van der Waals surface area contributed by atoms with Crippen LogP contribution in [-0.2, 0) is 13.5 Å². The highest BCUT2D eigenvalue weighted by atomic mass is 35.5. The summed E-state index contributed by atoms with van der Waals surface area (Å²) in [4.78, 5) is 14.4. The van der Waals surface area contributed by atoms with E-state index >= 15 is 0 Å². The molecule has 0 spiro atoms. The number of fused-ring (bicyclic) bond motifs is 1. The SMILES string of the molecule is C[C@@H](c1cccc(Cl)c1)N(C)C(=O)N[C@H]1CCCc2c1cnn2C. The summed E-state index contributed by atoms with van der Waals surface area (Å²) in [5.41, 5.74) is 3.38. The van der Waals surface area contributed by atoms with Crippen molar-refractivity contribution in [2.75, 3.05) is 7.05 Å². The van der Waals surface area contributed by atoms with Crippen molar-refractivity contribution in [3.8, 4) is 0 Å². The molecule has 1 aliphatic rings. The largest absolute Gasteiger partial charge is 0.331 e. The molecule has 0 aliphatic heterocycles. The van der Waals surface area contributed by atoms with Gasteiger partial charge in [-0.15, -0.1) is 0 Å². The lowest BCUT2D eigenvalue weighted by Gasteiger charge is -2.30. The van der Waals surface area contributed by atoms with E-state index in [4.69, 9.17) is 11.6 Å². The average Bonchev–Trinajstić information content (AvgIpc) is 2.96. The van der Waals surface area contributed by atoms with Gasteiger partial charge in [0.15, 0.2) is 0 Å². The van der Waals surface area contributed by atoms with Crippen LogP contribution in [0.3, 0.4) is 0 Å². The molecule has 1 heterocycles. The molecule has 1 N–H and O–H groups in total. The molecule has 2 aromatic rings. The number of hydrogen-bond donors (Lipinski definition) is 1. The van der Waals surface area contributed by atoms with Crippen LogP contribution in [0.15, 0.2) is 30.5 Å². The maximum atomic E-state index is 12.7. The van der Waals surface area contributed by atoms with Gasteiger partial charge in [-0.05, 0) is 43.9 Å². The number of amides is 2. The van der Waals surface area contributed by atoms with Gasteiger partial charge in [-0.3, -0.25) is 4.68 Å². The van der Waals surface area contributed by atoms with Crippen LogP contribution in [0.25, 0.3) is 0 Å². The molecule has 1 aliphatic carbocycles. The molecule has 24 heavy (non-hydrogen) atoms. The van der Waals surface area contributed by atoms with E-state index in [0.29, 0.717) is 5.02 Å². The fourth-order valence-electron chi connectivity index (χ4n) is 3.27. The second-order valence-electron chi connectivity index (χ2n) is 6.41. The Morgan fingerprint density at radius 2 is 2.29 bits per heavy atom. The van der Waals surface area contributed by atoms with Gasteiger partial charge in [0.1, 0.15) is 0 Å². The topological polar surface area (TPSA) is 50.2 Å². The zero-order valence-electron chi connectivity index (χ0n) is 14.3. The minimum absolute atomic E-state index is 0.0314. The monoisotopic (exact) mass is 346 g/mol. The van der Waals surface area contributed by atoms with E-state index in [2.05, 4.69) is 10.4 Å². The van der Waals surface area contributed by atoms with E-state index in [-0.39, 0.29) is 18.1 Å². The fourth-order valence-corrected chi connectivity index (χ4v) is 3.47. The Morgan fingerprint density at radius 3 is 3.04 bits per heavy atom. The van der Waals surface area contributed by atoms with Crippen molar-refractivity contribution in [3.05, 3.63) is 52.3 Å². The van der Waals surface area contributed by atoms with Crippen molar-refractivity contribution in [1.82, 2.24) is 20.0 Å². The van der Waals surface area contributed by atoms with Crippen molar-refractivity contribution < 1.29 is 4.79 Å². The zero-order chi connectivity index (χ0) is 17.3. The van der Waals surface area contributed by atoms with Gasteiger partial charge in [-0.1, -0.05) is 23.7 Å². The Hall–Kier alpha value is -2.01. The van der Waals surface area contributed by atoms with Gasteiger partial charge in [0.05, 0.1) is 18.3 Å². The fraction of sp³-hybridized carbons (Fsp3) is 0.444. The molecule has 1 aromatic heterocycles. The molecule has 0 unspecified atom stereocenters. The maximum absolute atomic E-state index is 12.7. The molecule has 0 saturated heterocycles. The van der Waals surface area contributed by atoms with Gasteiger partial charge < -0.3 is 10.2 Å². The first-order chi connectivity index (χ1) is 11.5. The first-order valence-electron chi connectivity index (χ1n) is 8.27. The molecular weight excluding hydrogens is 324 g/mol. The lowest BCUT2D eigenvalue weighted by Crippen LogP contribution is -2.41. The van der Waals surface area contributed by atoms with Gasteiger partial charge in [0.25, 0.3) is 0 Å². The van der Waals surface area contributed by atoms with E-state index in [1.807, 2.05) is 56.2 Å². The molecule has 0 saturated carbocycles. The third kappa shape index (κ3) is 3.26. The number of hydrogen-bond acceptors (Lipinski definition) is 2. The number of aryl methyl sites for hydroxylation is 1. The van der Waals surface area contributed by atoms with E-state index in [0.717, 1.165) is 30.4 Å². The standard InChI is InChI=1S/C18H23ClN4O/c1-12(13-6-4-7-14(19)10-13)22(2)18(24)21-16-8-5-9-17-15(16)11-20-23(17)3/h4,6-7,10-12,16H,5,8-9H2,1-3H3,(H,21,24)/t12-,16-/m0/s1. The van der Waals surface area contributed by atoms with Crippen LogP contribution in [-0.4, -0.2) is 27.8 Å². The predicted octanol–water partition coefficient (Wildman–Crippen LogP) is 3.85. The summed E-state index contributed by atoms with van der Waals surface area (Å²) in [5.74, 6) is 0. The smallest absolute Gasteiger partial charge is 0.318 e. The number of halogens is 1. The van der Waals surface area contributed by atoms with Crippen LogP contribution in [0, 0.1) is 0 Å². The number of aromatic nitrogens is 2. The highest BCUT2D eigenvalue weighted by molar-refractivity contribution is 6.30. The highest BCUT2D eigenvalue weighted by Crippen LogP contribution is 2.30. The quantitative estimate of drug-likeness (QED) is 0.917. The molecule has 2 atom stereocenters. The molecule has 128 valence electrons. The van der Waals surface area contributed by atoms with Crippen molar-refractivity contribution in [2.45, 2.75) is 38.3 Å². The van der Waals surface area contributed by atoms with E-state index in [1.54, 1.807) is 4.90 Å². The van der Waals surface area contributed by atoms with Crippen molar-refractivity contribution in [1.29, 1.82) is 0 Å². The highest BCUT2D eigenvalue weighted by Gasteiger charge is 2.27. The molecule has 0 bridgehead atoms. The third-order valence-corrected chi connectivity index (χ3v) is 5.14. The average molecular weight is 347 g/mol. The molecule has 3 rings (SSSR count). The van der Waals surface area contributed by atoms with Crippen LogP contribution < -0.4 is 5.32 Å². The summed E-state index contributed by atoms with van der Waals surface area (Å²) in [6.07, 6.45) is 4.90. The number of carbonyl (C=O) groups excluding carboxylic acids is 1.